The zero-order chi connectivity index (χ0) is 12.3. The molecule has 1 aromatic rings. The molecule has 2 heterocycles. The molecule has 17 heavy (non-hydrogen) atoms. The van der Waals surface area contributed by atoms with Gasteiger partial charge in [-0.05, 0) is 43.3 Å². The second-order valence-electron chi connectivity index (χ2n) is 4.71. The molecule has 4 heteroatoms. The summed E-state index contributed by atoms with van der Waals surface area (Å²) in [5.74, 6) is 0. The number of methoxy groups -OCH3 is 1. The van der Waals surface area contributed by atoms with Gasteiger partial charge in [-0.3, -0.25) is 4.90 Å². The van der Waals surface area contributed by atoms with E-state index in [4.69, 9.17) is 10.5 Å². The SMILES string of the molecule is COC1CCCN(C(CN)c2sccc2C)C1. The summed E-state index contributed by atoms with van der Waals surface area (Å²) in [6.07, 6.45) is 2.76. The molecular formula is C13H22N2OS. The fraction of sp³-hybridized carbons (Fsp3) is 0.692. The quantitative estimate of drug-likeness (QED) is 0.895. The molecule has 0 saturated carbocycles. The van der Waals surface area contributed by atoms with E-state index in [1.165, 1.54) is 23.3 Å². The molecule has 0 aliphatic carbocycles. The van der Waals surface area contributed by atoms with Crippen molar-refractivity contribution in [2.75, 3.05) is 26.7 Å². The van der Waals surface area contributed by atoms with Gasteiger partial charge in [-0.15, -0.1) is 11.3 Å². The molecule has 0 aromatic carbocycles. The molecule has 1 aromatic heterocycles. The van der Waals surface area contributed by atoms with Crippen LogP contribution < -0.4 is 5.73 Å². The van der Waals surface area contributed by atoms with Crippen LogP contribution >= 0.6 is 11.3 Å². The molecule has 0 radical (unpaired) electrons. The van der Waals surface area contributed by atoms with E-state index in [1.807, 2.05) is 18.4 Å². The molecule has 1 aliphatic heterocycles. The minimum absolute atomic E-state index is 0.368. The molecule has 3 nitrogen and oxygen atoms in total. The Labute approximate surface area is 108 Å². The van der Waals surface area contributed by atoms with E-state index in [2.05, 4.69) is 23.3 Å². The molecule has 1 saturated heterocycles. The minimum atomic E-state index is 0.368. The number of thiophene rings is 1. The Bertz CT molecular complexity index is 353. The number of aryl methyl sites for hydroxylation is 1. The van der Waals surface area contributed by atoms with Gasteiger partial charge in [-0.2, -0.15) is 0 Å². The monoisotopic (exact) mass is 254 g/mol. The summed E-state index contributed by atoms with van der Waals surface area (Å²) in [4.78, 5) is 3.90. The van der Waals surface area contributed by atoms with E-state index in [-0.39, 0.29) is 0 Å². The van der Waals surface area contributed by atoms with Crippen LogP contribution in [0.3, 0.4) is 0 Å². The van der Waals surface area contributed by atoms with Gasteiger partial charge < -0.3 is 10.5 Å². The Morgan fingerprint density at radius 3 is 3.06 bits per heavy atom. The smallest absolute Gasteiger partial charge is 0.0698 e. The van der Waals surface area contributed by atoms with Crippen molar-refractivity contribution in [3.05, 3.63) is 21.9 Å². The van der Waals surface area contributed by atoms with Crippen LogP contribution in [0.25, 0.3) is 0 Å². The van der Waals surface area contributed by atoms with Gasteiger partial charge in [0.25, 0.3) is 0 Å². The van der Waals surface area contributed by atoms with Gasteiger partial charge in [0.05, 0.1) is 12.1 Å². The summed E-state index contributed by atoms with van der Waals surface area (Å²) in [5.41, 5.74) is 7.34. The molecule has 2 unspecified atom stereocenters. The fourth-order valence-corrected chi connectivity index (χ4v) is 3.66. The number of ether oxygens (including phenoxy) is 1. The van der Waals surface area contributed by atoms with Gasteiger partial charge in [0.2, 0.25) is 0 Å². The average Bonchev–Trinajstić information content (AvgIpc) is 2.77. The lowest BCUT2D eigenvalue weighted by Crippen LogP contribution is -2.43. The maximum Gasteiger partial charge on any atom is 0.0698 e. The summed E-state index contributed by atoms with van der Waals surface area (Å²) >= 11 is 1.82. The van der Waals surface area contributed by atoms with Crippen LogP contribution in [0.4, 0.5) is 0 Å². The molecule has 0 bridgehead atoms. The molecule has 1 aliphatic rings. The predicted molar refractivity (Wildman–Crippen MR) is 72.5 cm³/mol. The number of hydrogen-bond acceptors (Lipinski definition) is 4. The van der Waals surface area contributed by atoms with Crippen molar-refractivity contribution in [1.29, 1.82) is 0 Å². The van der Waals surface area contributed by atoms with Crippen LogP contribution in [0, 0.1) is 6.92 Å². The second kappa shape index (κ2) is 5.96. The lowest BCUT2D eigenvalue weighted by molar-refractivity contribution is 0.0160. The number of rotatable bonds is 4. The topological polar surface area (TPSA) is 38.5 Å². The number of piperidine rings is 1. The van der Waals surface area contributed by atoms with E-state index < -0.39 is 0 Å². The van der Waals surface area contributed by atoms with Crippen molar-refractivity contribution >= 4 is 11.3 Å². The van der Waals surface area contributed by atoms with Crippen LogP contribution in [0.5, 0.6) is 0 Å². The third kappa shape index (κ3) is 2.88. The zero-order valence-electron chi connectivity index (χ0n) is 10.7. The summed E-state index contributed by atoms with van der Waals surface area (Å²) in [5, 5.41) is 2.16. The number of nitrogens with zero attached hydrogens (tertiary/aromatic N) is 1. The molecule has 1 fully saturated rings. The molecule has 2 N–H and O–H groups in total. The first kappa shape index (κ1) is 13.0. The van der Waals surface area contributed by atoms with Gasteiger partial charge in [-0.1, -0.05) is 0 Å². The maximum absolute atomic E-state index is 5.97. The Hall–Kier alpha value is -0.420. The fourth-order valence-electron chi connectivity index (χ4n) is 2.59. The maximum atomic E-state index is 5.97. The highest BCUT2D eigenvalue weighted by atomic mass is 32.1. The first-order chi connectivity index (χ1) is 8.26. The molecule has 0 amide bonds. The summed E-state index contributed by atoms with van der Waals surface area (Å²) in [7, 11) is 1.81. The van der Waals surface area contributed by atoms with Crippen molar-refractivity contribution in [3.8, 4) is 0 Å². The average molecular weight is 254 g/mol. The van der Waals surface area contributed by atoms with E-state index in [0.717, 1.165) is 13.1 Å². The van der Waals surface area contributed by atoms with Crippen molar-refractivity contribution in [2.24, 2.45) is 5.73 Å². The largest absolute Gasteiger partial charge is 0.380 e. The highest BCUT2D eigenvalue weighted by Gasteiger charge is 2.27. The van der Waals surface area contributed by atoms with Gasteiger partial charge in [0, 0.05) is 25.1 Å². The second-order valence-corrected chi connectivity index (χ2v) is 5.66. The minimum Gasteiger partial charge on any atom is -0.380 e. The molecule has 2 atom stereocenters. The van der Waals surface area contributed by atoms with Gasteiger partial charge in [-0.25, -0.2) is 0 Å². The Morgan fingerprint density at radius 1 is 1.65 bits per heavy atom. The zero-order valence-corrected chi connectivity index (χ0v) is 11.5. The summed E-state index contributed by atoms with van der Waals surface area (Å²) in [6.45, 7) is 5.01. The lowest BCUT2D eigenvalue weighted by atomic mass is 10.0. The van der Waals surface area contributed by atoms with Crippen molar-refractivity contribution in [3.63, 3.8) is 0 Å². The Morgan fingerprint density at radius 2 is 2.47 bits per heavy atom. The highest BCUT2D eigenvalue weighted by Crippen LogP contribution is 2.30. The van der Waals surface area contributed by atoms with Crippen LogP contribution in [0.15, 0.2) is 11.4 Å². The third-order valence-electron chi connectivity index (χ3n) is 3.61. The number of likely N-dealkylation sites (tertiary alicyclic amines) is 1. The standard InChI is InChI=1S/C13H22N2OS/c1-10-5-7-17-13(10)12(8-14)15-6-3-4-11(9-15)16-2/h5,7,11-12H,3-4,6,8-9,14H2,1-2H3. The normalized spacial score (nSPS) is 23.8. The van der Waals surface area contributed by atoms with E-state index in [0.29, 0.717) is 18.7 Å². The highest BCUT2D eigenvalue weighted by molar-refractivity contribution is 7.10. The van der Waals surface area contributed by atoms with Gasteiger partial charge in [0.1, 0.15) is 0 Å². The van der Waals surface area contributed by atoms with Crippen LogP contribution in [-0.4, -0.2) is 37.7 Å². The molecule has 0 spiro atoms. The number of nitrogens with two attached hydrogens (primary N) is 1. The first-order valence-corrected chi connectivity index (χ1v) is 7.15. The Balaban J connectivity index is 2.10. The van der Waals surface area contributed by atoms with Gasteiger partial charge >= 0.3 is 0 Å². The van der Waals surface area contributed by atoms with Gasteiger partial charge in [0.15, 0.2) is 0 Å². The van der Waals surface area contributed by atoms with Crippen LogP contribution in [0.2, 0.25) is 0 Å². The van der Waals surface area contributed by atoms with E-state index in [1.54, 1.807) is 0 Å². The predicted octanol–water partition coefficient (Wildman–Crippen LogP) is 2.17. The van der Waals surface area contributed by atoms with Crippen LogP contribution in [-0.2, 0) is 4.74 Å². The summed E-state index contributed by atoms with van der Waals surface area (Å²) < 4.78 is 5.48. The number of hydrogen-bond donors (Lipinski definition) is 1. The van der Waals surface area contributed by atoms with Crippen molar-refractivity contribution in [2.45, 2.75) is 31.9 Å². The Kier molecular flexibility index (Phi) is 4.56. The van der Waals surface area contributed by atoms with Crippen LogP contribution in [0.1, 0.15) is 29.3 Å². The van der Waals surface area contributed by atoms with Crippen molar-refractivity contribution in [1.82, 2.24) is 4.90 Å². The van der Waals surface area contributed by atoms with E-state index >= 15 is 0 Å². The lowest BCUT2D eigenvalue weighted by Gasteiger charge is -2.37. The third-order valence-corrected chi connectivity index (χ3v) is 4.73. The molecule has 96 valence electrons. The first-order valence-electron chi connectivity index (χ1n) is 6.27. The summed E-state index contributed by atoms with van der Waals surface area (Å²) in [6, 6.07) is 2.55. The molecular weight excluding hydrogens is 232 g/mol. The van der Waals surface area contributed by atoms with Crippen molar-refractivity contribution < 1.29 is 4.74 Å². The van der Waals surface area contributed by atoms with E-state index in [9.17, 15) is 0 Å². The molecule has 2 rings (SSSR count).